The highest BCUT2D eigenvalue weighted by Crippen LogP contribution is 2.58. The molecular formula is C38H44Br2O2. The van der Waals surface area contributed by atoms with Crippen molar-refractivity contribution in [2.75, 3.05) is 13.2 Å². The van der Waals surface area contributed by atoms with E-state index in [0.29, 0.717) is 0 Å². The molecule has 4 aromatic rings. The van der Waals surface area contributed by atoms with Gasteiger partial charge in [0.25, 0.3) is 0 Å². The molecule has 0 saturated heterocycles. The summed E-state index contributed by atoms with van der Waals surface area (Å²) in [6.45, 7) is 6.12. The maximum Gasteiger partial charge on any atom is 0.109 e. The van der Waals surface area contributed by atoms with Gasteiger partial charge in [-0.25, -0.2) is 0 Å². The summed E-state index contributed by atoms with van der Waals surface area (Å²) in [6, 6.07) is 18.1. The number of halogens is 2. The van der Waals surface area contributed by atoms with Crippen LogP contribution < -0.4 is 0 Å². The van der Waals surface area contributed by atoms with Gasteiger partial charge in [0.05, 0.1) is 0 Å². The number of unbranched alkanes of at least 4 members (excludes halogenated alkanes) is 10. The number of rotatable bonds is 16. The van der Waals surface area contributed by atoms with E-state index >= 15 is 0 Å². The summed E-state index contributed by atoms with van der Waals surface area (Å²) >= 11 is 7.95. The molecule has 0 saturated carbocycles. The summed E-state index contributed by atoms with van der Waals surface area (Å²) in [7, 11) is 0. The van der Waals surface area contributed by atoms with Crippen molar-refractivity contribution in [3.8, 4) is 11.1 Å². The molecule has 0 heterocycles. The predicted octanol–water partition coefficient (Wildman–Crippen LogP) is 12.7. The maximum absolute atomic E-state index is 6.85. The summed E-state index contributed by atoms with van der Waals surface area (Å²) in [4.78, 5) is 0. The van der Waals surface area contributed by atoms with Gasteiger partial charge >= 0.3 is 0 Å². The van der Waals surface area contributed by atoms with Crippen LogP contribution >= 0.6 is 31.9 Å². The molecule has 0 radical (unpaired) electrons. The third-order valence-corrected chi connectivity index (χ3v) is 10.6. The highest BCUT2D eigenvalue weighted by molar-refractivity contribution is 9.11. The number of hydrogen-bond donors (Lipinski definition) is 0. The van der Waals surface area contributed by atoms with Crippen LogP contribution in [0.1, 0.15) is 125 Å². The zero-order valence-corrected chi connectivity index (χ0v) is 28.4. The Morgan fingerprint density at radius 3 is 1.36 bits per heavy atom. The molecule has 0 aromatic heterocycles. The van der Waals surface area contributed by atoms with Gasteiger partial charge in [-0.15, -0.1) is 0 Å². The standard InChI is InChI=1S/C38H44Br2O2/c1-3-5-7-9-11-13-21-41-37-27-19-15-17-25-32(40)24-30-36(33(25)27)35-29(37)23-31(39)26-18-16-20-28(34(26)35)38(30)42-22-14-12-10-8-6-4-2/h15-20,23-24,37-38H,3-14,21-22H2,1-2H3. The van der Waals surface area contributed by atoms with Crippen LogP contribution in [0.3, 0.4) is 0 Å². The lowest BCUT2D eigenvalue weighted by Crippen LogP contribution is -2.20. The largest absolute Gasteiger partial charge is 0.369 e. The smallest absolute Gasteiger partial charge is 0.109 e. The zero-order valence-electron chi connectivity index (χ0n) is 25.2. The Morgan fingerprint density at radius 1 is 0.524 bits per heavy atom. The highest BCUT2D eigenvalue weighted by Gasteiger charge is 2.38. The first-order chi connectivity index (χ1) is 20.7. The Labute approximate surface area is 268 Å². The van der Waals surface area contributed by atoms with Gasteiger partial charge in [-0.2, -0.15) is 0 Å². The van der Waals surface area contributed by atoms with Crippen LogP contribution in [0.2, 0.25) is 0 Å². The first-order valence-corrected chi connectivity index (χ1v) is 18.0. The lowest BCUT2D eigenvalue weighted by molar-refractivity contribution is 0.0749. The van der Waals surface area contributed by atoms with Gasteiger partial charge in [0.1, 0.15) is 12.2 Å². The normalized spacial score (nSPS) is 16.7. The fourth-order valence-corrected chi connectivity index (χ4v) is 8.36. The average molecular weight is 693 g/mol. The monoisotopic (exact) mass is 690 g/mol. The molecule has 2 unspecified atom stereocenters. The first-order valence-electron chi connectivity index (χ1n) is 16.4. The molecule has 0 N–H and O–H groups in total. The van der Waals surface area contributed by atoms with E-state index in [1.54, 1.807) is 0 Å². The molecule has 6 rings (SSSR count). The molecular weight excluding hydrogens is 648 g/mol. The van der Waals surface area contributed by atoms with Gasteiger partial charge in [0.15, 0.2) is 0 Å². The molecule has 0 amide bonds. The molecule has 2 nitrogen and oxygen atoms in total. The summed E-state index contributed by atoms with van der Waals surface area (Å²) in [5, 5.41) is 5.17. The Morgan fingerprint density at radius 2 is 0.929 bits per heavy atom. The molecule has 0 aliphatic heterocycles. The first kappa shape index (κ1) is 30.3. The van der Waals surface area contributed by atoms with Crippen molar-refractivity contribution in [1.29, 1.82) is 0 Å². The van der Waals surface area contributed by atoms with Crippen molar-refractivity contribution in [3.63, 3.8) is 0 Å². The van der Waals surface area contributed by atoms with Gasteiger partial charge in [-0.3, -0.25) is 0 Å². The summed E-state index contributed by atoms with van der Waals surface area (Å²) < 4.78 is 16.0. The minimum Gasteiger partial charge on any atom is -0.369 e. The molecule has 2 aliphatic rings. The molecule has 0 fully saturated rings. The molecule has 0 bridgehead atoms. The SMILES string of the molecule is CCCCCCCCOC1c2cc(Br)c3cccc4c3c2-c2c(cc(Br)c3cccc1c23)C4OCCCCCCCC. The Hall–Kier alpha value is -1.72. The minimum absolute atomic E-state index is 0.0802. The molecule has 2 aliphatic carbocycles. The van der Waals surface area contributed by atoms with Gasteiger partial charge in [0, 0.05) is 22.2 Å². The number of hydrogen-bond acceptors (Lipinski definition) is 2. The predicted molar refractivity (Wildman–Crippen MR) is 185 cm³/mol. The van der Waals surface area contributed by atoms with Crippen LogP contribution in [-0.2, 0) is 9.47 Å². The van der Waals surface area contributed by atoms with Gasteiger partial charge in [-0.05, 0) is 79.9 Å². The second kappa shape index (κ2) is 13.9. The van der Waals surface area contributed by atoms with E-state index in [2.05, 4.69) is 94.2 Å². The van der Waals surface area contributed by atoms with Crippen molar-refractivity contribution in [2.24, 2.45) is 0 Å². The maximum atomic E-state index is 6.85. The number of benzene rings is 4. The van der Waals surface area contributed by atoms with Crippen LogP contribution in [0.25, 0.3) is 32.7 Å². The fraction of sp³-hybridized carbons (Fsp3) is 0.474. The van der Waals surface area contributed by atoms with Crippen molar-refractivity contribution >= 4 is 53.4 Å². The number of ether oxygens (including phenoxy) is 2. The van der Waals surface area contributed by atoms with E-state index in [1.807, 2.05) is 0 Å². The third kappa shape index (κ3) is 5.74. The average Bonchev–Trinajstić information content (AvgIpc) is 3.00. The quantitative estimate of drug-likeness (QED) is 0.109. The summed E-state index contributed by atoms with van der Waals surface area (Å²) in [6.07, 6.45) is 15.0. The van der Waals surface area contributed by atoms with E-state index in [0.717, 1.165) is 35.0 Å². The van der Waals surface area contributed by atoms with E-state index in [1.165, 1.54) is 119 Å². The topological polar surface area (TPSA) is 18.5 Å². The van der Waals surface area contributed by atoms with Crippen molar-refractivity contribution < 1.29 is 9.47 Å². The van der Waals surface area contributed by atoms with Gasteiger partial charge in [0.2, 0.25) is 0 Å². The lowest BCUT2D eigenvalue weighted by atomic mass is 9.72. The molecule has 222 valence electrons. The van der Waals surface area contributed by atoms with E-state index in [9.17, 15) is 0 Å². The Kier molecular flexibility index (Phi) is 10.1. The van der Waals surface area contributed by atoms with Crippen LogP contribution in [0.5, 0.6) is 0 Å². The van der Waals surface area contributed by atoms with E-state index < -0.39 is 0 Å². The third-order valence-electron chi connectivity index (χ3n) is 9.29. The van der Waals surface area contributed by atoms with Gasteiger partial charge in [-0.1, -0.05) is 146 Å². The fourth-order valence-electron chi connectivity index (χ4n) is 7.21. The lowest BCUT2D eigenvalue weighted by Gasteiger charge is -2.37. The minimum atomic E-state index is -0.0802. The van der Waals surface area contributed by atoms with Crippen molar-refractivity contribution in [3.05, 3.63) is 79.7 Å². The van der Waals surface area contributed by atoms with Crippen LogP contribution in [0.15, 0.2) is 57.5 Å². The van der Waals surface area contributed by atoms with Crippen LogP contribution in [0.4, 0.5) is 0 Å². The molecule has 4 aromatic carbocycles. The molecule has 42 heavy (non-hydrogen) atoms. The van der Waals surface area contributed by atoms with Crippen LogP contribution in [-0.4, -0.2) is 13.2 Å². The van der Waals surface area contributed by atoms with Crippen LogP contribution in [0, 0.1) is 0 Å². The Balaban J connectivity index is 1.40. The molecule has 4 heteroatoms. The van der Waals surface area contributed by atoms with Gasteiger partial charge < -0.3 is 9.47 Å². The second-order valence-corrected chi connectivity index (χ2v) is 13.9. The summed E-state index contributed by atoms with van der Waals surface area (Å²) in [5.74, 6) is 0. The van der Waals surface area contributed by atoms with Crippen molar-refractivity contribution in [1.82, 2.24) is 0 Å². The Bertz CT molecular complexity index is 1440. The molecule has 0 spiro atoms. The zero-order chi connectivity index (χ0) is 29.1. The second-order valence-electron chi connectivity index (χ2n) is 12.2. The highest BCUT2D eigenvalue weighted by atomic mass is 79.9. The van der Waals surface area contributed by atoms with Crippen molar-refractivity contribution in [2.45, 2.75) is 103 Å². The van der Waals surface area contributed by atoms with E-state index in [4.69, 9.17) is 9.47 Å². The summed E-state index contributed by atoms with van der Waals surface area (Å²) in [5.41, 5.74) is 7.83. The van der Waals surface area contributed by atoms with E-state index in [-0.39, 0.29) is 12.2 Å². The molecule has 2 atom stereocenters.